The molecule has 0 fully saturated rings. The van der Waals surface area contributed by atoms with Crippen molar-refractivity contribution in [3.63, 3.8) is 0 Å². The number of hydrogen-bond acceptors (Lipinski definition) is 2. The van der Waals surface area contributed by atoms with Gasteiger partial charge < -0.3 is 9.72 Å². The Kier molecular flexibility index (Phi) is 4.84. The molecule has 0 saturated heterocycles. The van der Waals surface area contributed by atoms with Crippen LogP contribution in [0, 0.1) is 6.92 Å². The Bertz CT molecular complexity index is 278. The number of nitrogens with one attached hydrogen (secondary N) is 1. The standard InChI is InChI=1S/C7H9NO2.C2H6/c1-5-3-4-6(10-2)7(9)8-5;1-2/h3-4H,1-2H3,(H,8,9);1-2H3. The molecule has 0 unspecified atom stereocenters. The van der Waals surface area contributed by atoms with E-state index in [4.69, 9.17) is 4.74 Å². The SMILES string of the molecule is CC.COc1ccc(C)[nH]c1=O. The van der Waals surface area contributed by atoms with Crippen molar-refractivity contribution >= 4 is 0 Å². The summed E-state index contributed by atoms with van der Waals surface area (Å²) in [4.78, 5) is 13.5. The fourth-order valence-corrected chi connectivity index (χ4v) is 0.719. The lowest BCUT2D eigenvalue weighted by Gasteiger charge is -1.96. The molecule has 0 spiro atoms. The van der Waals surface area contributed by atoms with Crippen LogP contribution < -0.4 is 10.3 Å². The number of rotatable bonds is 1. The highest BCUT2D eigenvalue weighted by Gasteiger charge is 1.95. The Morgan fingerprint density at radius 1 is 1.33 bits per heavy atom. The summed E-state index contributed by atoms with van der Waals surface area (Å²) in [6.07, 6.45) is 0. The van der Waals surface area contributed by atoms with Crippen molar-refractivity contribution in [2.45, 2.75) is 20.8 Å². The third kappa shape index (κ3) is 2.78. The lowest BCUT2D eigenvalue weighted by Crippen LogP contribution is -2.09. The molecule has 68 valence electrons. The second kappa shape index (κ2) is 5.41. The first kappa shape index (κ1) is 10.8. The summed E-state index contributed by atoms with van der Waals surface area (Å²) in [6.45, 7) is 5.82. The number of aromatic nitrogens is 1. The summed E-state index contributed by atoms with van der Waals surface area (Å²) in [5, 5.41) is 0. The van der Waals surface area contributed by atoms with Crippen LogP contribution in [0.15, 0.2) is 16.9 Å². The predicted octanol–water partition coefficient (Wildman–Crippen LogP) is 1.72. The first-order valence-corrected chi connectivity index (χ1v) is 3.98. The normalized spacial score (nSPS) is 8.33. The van der Waals surface area contributed by atoms with E-state index in [1.165, 1.54) is 7.11 Å². The van der Waals surface area contributed by atoms with E-state index in [0.717, 1.165) is 5.69 Å². The zero-order valence-corrected chi connectivity index (χ0v) is 7.97. The largest absolute Gasteiger partial charge is 0.491 e. The number of H-pyrrole nitrogens is 1. The van der Waals surface area contributed by atoms with Crippen LogP contribution in [0.2, 0.25) is 0 Å². The summed E-state index contributed by atoms with van der Waals surface area (Å²) in [5.74, 6) is 0.352. The summed E-state index contributed by atoms with van der Waals surface area (Å²) in [6, 6.07) is 3.44. The smallest absolute Gasteiger partial charge is 0.290 e. The Morgan fingerprint density at radius 2 is 1.92 bits per heavy atom. The summed E-state index contributed by atoms with van der Waals surface area (Å²) < 4.78 is 4.76. The first-order chi connectivity index (χ1) is 5.74. The van der Waals surface area contributed by atoms with Crippen molar-refractivity contribution in [2.75, 3.05) is 7.11 Å². The Hall–Kier alpha value is -1.25. The molecule has 12 heavy (non-hydrogen) atoms. The van der Waals surface area contributed by atoms with Crippen LogP contribution >= 0.6 is 0 Å². The predicted molar refractivity (Wildman–Crippen MR) is 49.7 cm³/mol. The molecule has 0 aromatic carbocycles. The van der Waals surface area contributed by atoms with Gasteiger partial charge in [0.15, 0.2) is 5.75 Å². The number of pyridine rings is 1. The second-order valence-electron chi connectivity index (χ2n) is 2.04. The topological polar surface area (TPSA) is 42.1 Å². The maximum absolute atomic E-state index is 10.9. The van der Waals surface area contributed by atoms with Crippen LogP contribution in [0.4, 0.5) is 0 Å². The van der Waals surface area contributed by atoms with Crippen molar-refractivity contribution in [2.24, 2.45) is 0 Å². The molecule has 0 amide bonds. The average Bonchev–Trinajstić information content (AvgIpc) is 2.08. The minimum atomic E-state index is -0.178. The maximum atomic E-state index is 10.9. The van der Waals surface area contributed by atoms with E-state index in [1.54, 1.807) is 12.1 Å². The van der Waals surface area contributed by atoms with Crippen molar-refractivity contribution in [1.82, 2.24) is 4.98 Å². The van der Waals surface area contributed by atoms with Crippen LogP contribution in [0.25, 0.3) is 0 Å². The Labute approximate surface area is 72.4 Å². The molecule has 0 bridgehead atoms. The Morgan fingerprint density at radius 3 is 2.33 bits per heavy atom. The van der Waals surface area contributed by atoms with Crippen molar-refractivity contribution in [3.8, 4) is 5.75 Å². The molecule has 0 radical (unpaired) electrons. The molecule has 0 aliphatic heterocycles. The number of aromatic amines is 1. The van der Waals surface area contributed by atoms with E-state index in [9.17, 15) is 4.79 Å². The van der Waals surface area contributed by atoms with Gasteiger partial charge in [0.2, 0.25) is 0 Å². The monoisotopic (exact) mass is 169 g/mol. The molecular weight excluding hydrogens is 154 g/mol. The van der Waals surface area contributed by atoms with Crippen molar-refractivity contribution in [3.05, 3.63) is 28.2 Å². The number of methoxy groups -OCH3 is 1. The van der Waals surface area contributed by atoms with E-state index in [0.29, 0.717) is 5.75 Å². The molecule has 0 atom stereocenters. The fraction of sp³-hybridized carbons (Fsp3) is 0.444. The highest BCUT2D eigenvalue weighted by Crippen LogP contribution is 1.99. The van der Waals surface area contributed by atoms with Gasteiger partial charge >= 0.3 is 0 Å². The second-order valence-corrected chi connectivity index (χ2v) is 2.04. The Balaban J connectivity index is 0.000000561. The van der Waals surface area contributed by atoms with Gasteiger partial charge in [0.05, 0.1) is 7.11 Å². The molecule has 1 heterocycles. The van der Waals surface area contributed by atoms with Gasteiger partial charge in [0, 0.05) is 5.69 Å². The highest BCUT2D eigenvalue weighted by atomic mass is 16.5. The summed E-state index contributed by atoms with van der Waals surface area (Å²) >= 11 is 0. The molecular formula is C9H15NO2. The van der Waals surface area contributed by atoms with Crippen LogP contribution in [-0.2, 0) is 0 Å². The zero-order valence-electron chi connectivity index (χ0n) is 7.97. The third-order valence-corrected chi connectivity index (χ3v) is 1.24. The van der Waals surface area contributed by atoms with Gasteiger partial charge in [-0.2, -0.15) is 0 Å². The molecule has 1 rings (SSSR count). The summed E-state index contributed by atoms with van der Waals surface area (Å²) in [7, 11) is 1.47. The van der Waals surface area contributed by atoms with Gasteiger partial charge in [0.25, 0.3) is 5.56 Å². The molecule has 0 saturated carbocycles. The molecule has 0 aliphatic carbocycles. The lowest BCUT2D eigenvalue weighted by atomic mass is 10.4. The summed E-state index contributed by atoms with van der Waals surface area (Å²) in [5.41, 5.74) is 0.660. The van der Waals surface area contributed by atoms with Crippen molar-refractivity contribution < 1.29 is 4.74 Å². The van der Waals surface area contributed by atoms with Crippen LogP contribution in [0.5, 0.6) is 5.75 Å². The number of hydrogen-bond donors (Lipinski definition) is 1. The van der Waals surface area contributed by atoms with E-state index in [1.807, 2.05) is 20.8 Å². The minimum absolute atomic E-state index is 0.178. The van der Waals surface area contributed by atoms with Crippen LogP contribution in [0.3, 0.4) is 0 Å². The third-order valence-electron chi connectivity index (χ3n) is 1.24. The van der Waals surface area contributed by atoms with E-state index < -0.39 is 0 Å². The average molecular weight is 169 g/mol. The highest BCUT2D eigenvalue weighted by molar-refractivity contribution is 5.18. The maximum Gasteiger partial charge on any atom is 0.290 e. The quantitative estimate of drug-likeness (QED) is 0.695. The fourth-order valence-electron chi connectivity index (χ4n) is 0.719. The van der Waals surface area contributed by atoms with E-state index in [2.05, 4.69) is 4.98 Å². The molecule has 0 aliphatic rings. The van der Waals surface area contributed by atoms with Crippen LogP contribution in [0.1, 0.15) is 19.5 Å². The van der Waals surface area contributed by atoms with Gasteiger partial charge in [-0.3, -0.25) is 4.79 Å². The van der Waals surface area contributed by atoms with E-state index >= 15 is 0 Å². The number of aryl methyl sites for hydroxylation is 1. The minimum Gasteiger partial charge on any atom is -0.491 e. The van der Waals surface area contributed by atoms with E-state index in [-0.39, 0.29) is 5.56 Å². The van der Waals surface area contributed by atoms with Gasteiger partial charge in [-0.05, 0) is 19.1 Å². The molecule has 1 aromatic heterocycles. The number of ether oxygens (including phenoxy) is 1. The first-order valence-electron chi connectivity index (χ1n) is 3.98. The lowest BCUT2D eigenvalue weighted by molar-refractivity contribution is 0.408. The molecule has 1 N–H and O–H groups in total. The van der Waals surface area contributed by atoms with Gasteiger partial charge in [0.1, 0.15) is 0 Å². The molecule has 1 aromatic rings. The zero-order chi connectivity index (χ0) is 9.56. The van der Waals surface area contributed by atoms with Crippen molar-refractivity contribution in [1.29, 1.82) is 0 Å². The van der Waals surface area contributed by atoms with Gasteiger partial charge in [-0.1, -0.05) is 13.8 Å². The molecule has 3 heteroatoms. The van der Waals surface area contributed by atoms with Gasteiger partial charge in [-0.15, -0.1) is 0 Å². The van der Waals surface area contributed by atoms with Gasteiger partial charge in [-0.25, -0.2) is 0 Å². The molecule has 3 nitrogen and oxygen atoms in total. The van der Waals surface area contributed by atoms with Crippen LogP contribution in [-0.4, -0.2) is 12.1 Å².